The molecule has 0 heterocycles. The highest BCUT2D eigenvalue weighted by molar-refractivity contribution is 7.55. The zero-order valence-corrected chi connectivity index (χ0v) is 11.3. The van der Waals surface area contributed by atoms with Crippen LogP contribution in [0.15, 0.2) is 0 Å². The summed E-state index contributed by atoms with van der Waals surface area (Å²) in [6.07, 6.45) is 0. The van der Waals surface area contributed by atoms with Crippen LogP contribution in [-0.2, 0) is 9.09 Å². The highest BCUT2D eigenvalue weighted by Crippen LogP contribution is 2.43. The SMILES string of the molecule is CC.CC.CCOP(C)(=O)N(C)C. The Balaban J connectivity index is -0.000000218. The molecule has 0 aliphatic rings. The standard InChI is InChI=1S/C5H14NO2P.2C2H6/c1-5-8-9(4,7)6(2)3;2*1-2/h5H2,1-4H3;2*1-2H3. The first-order valence-electron chi connectivity index (χ1n) is 4.90. The van der Waals surface area contributed by atoms with Crippen LogP contribution in [0, 0.1) is 0 Å². The van der Waals surface area contributed by atoms with Gasteiger partial charge in [0.15, 0.2) is 0 Å². The molecule has 0 N–H and O–H groups in total. The molecule has 0 aliphatic carbocycles. The van der Waals surface area contributed by atoms with Crippen molar-refractivity contribution < 1.29 is 9.09 Å². The van der Waals surface area contributed by atoms with E-state index in [1.165, 1.54) is 0 Å². The third-order valence-corrected chi connectivity index (χ3v) is 3.29. The average molecular weight is 211 g/mol. The Bertz CT molecular complexity index is 127. The first-order valence-corrected chi connectivity index (χ1v) is 6.93. The molecule has 1 unspecified atom stereocenters. The second kappa shape index (κ2) is 12.2. The fraction of sp³-hybridized carbons (Fsp3) is 1.00. The summed E-state index contributed by atoms with van der Waals surface area (Å²) in [7, 11) is 1.06. The lowest BCUT2D eigenvalue weighted by molar-refractivity contribution is 0.302. The monoisotopic (exact) mass is 211 g/mol. The van der Waals surface area contributed by atoms with Gasteiger partial charge in [-0.25, -0.2) is 4.67 Å². The fourth-order valence-corrected chi connectivity index (χ4v) is 1.07. The van der Waals surface area contributed by atoms with E-state index in [4.69, 9.17) is 4.52 Å². The van der Waals surface area contributed by atoms with Gasteiger partial charge in [0, 0.05) is 6.66 Å². The van der Waals surface area contributed by atoms with Crippen LogP contribution in [0.5, 0.6) is 0 Å². The number of hydrogen-bond acceptors (Lipinski definition) is 2. The van der Waals surface area contributed by atoms with Gasteiger partial charge in [-0.1, -0.05) is 27.7 Å². The van der Waals surface area contributed by atoms with Crippen LogP contribution in [0.2, 0.25) is 0 Å². The van der Waals surface area contributed by atoms with E-state index < -0.39 is 7.52 Å². The van der Waals surface area contributed by atoms with E-state index in [2.05, 4.69) is 0 Å². The van der Waals surface area contributed by atoms with Gasteiger partial charge in [0.2, 0.25) is 0 Å². The molecule has 0 rings (SSSR count). The molecule has 0 saturated heterocycles. The molecule has 0 saturated carbocycles. The summed E-state index contributed by atoms with van der Waals surface area (Å²) in [6.45, 7) is 11.9. The van der Waals surface area contributed by atoms with Crippen molar-refractivity contribution in [2.45, 2.75) is 34.6 Å². The lowest BCUT2D eigenvalue weighted by Crippen LogP contribution is -2.09. The maximum atomic E-state index is 11.2. The van der Waals surface area contributed by atoms with Crippen molar-refractivity contribution in [2.75, 3.05) is 27.4 Å². The summed E-state index contributed by atoms with van der Waals surface area (Å²) in [5.74, 6) is 0. The fourth-order valence-electron chi connectivity index (χ4n) is 0.355. The van der Waals surface area contributed by atoms with Crippen LogP contribution in [0.3, 0.4) is 0 Å². The minimum absolute atomic E-state index is 0.506. The molecule has 0 aromatic rings. The Kier molecular flexibility index (Phi) is 17.6. The van der Waals surface area contributed by atoms with Crippen molar-refractivity contribution in [3.8, 4) is 0 Å². The quantitative estimate of drug-likeness (QED) is 0.669. The van der Waals surface area contributed by atoms with Gasteiger partial charge in [0.05, 0.1) is 6.61 Å². The van der Waals surface area contributed by atoms with Gasteiger partial charge >= 0.3 is 0 Å². The Hall–Kier alpha value is 0.150. The minimum Gasteiger partial charge on any atom is -0.318 e. The predicted octanol–water partition coefficient (Wildman–Crippen LogP) is 3.46. The highest BCUT2D eigenvalue weighted by Gasteiger charge is 2.16. The summed E-state index contributed by atoms with van der Waals surface area (Å²) in [6, 6.07) is 0. The zero-order chi connectivity index (χ0) is 11.5. The van der Waals surface area contributed by atoms with Gasteiger partial charge in [-0.3, -0.25) is 4.57 Å². The molecule has 0 aliphatic heterocycles. The molecule has 0 aromatic heterocycles. The van der Waals surface area contributed by atoms with Crippen molar-refractivity contribution >= 4 is 7.52 Å². The summed E-state index contributed by atoms with van der Waals surface area (Å²) >= 11 is 0. The Morgan fingerprint density at radius 3 is 1.54 bits per heavy atom. The number of hydrogen-bond donors (Lipinski definition) is 0. The van der Waals surface area contributed by atoms with E-state index in [0.717, 1.165) is 0 Å². The Morgan fingerprint density at radius 2 is 1.46 bits per heavy atom. The van der Waals surface area contributed by atoms with E-state index in [9.17, 15) is 4.57 Å². The molecule has 0 spiro atoms. The lowest BCUT2D eigenvalue weighted by Gasteiger charge is -2.18. The van der Waals surface area contributed by atoms with Crippen molar-refractivity contribution in [1.29, 1.82) is 0 Å². The van der Waals surface area contributed by atoms with E-state index in [1.807, 2.05) is 34.6 Å². The molecule has 0 bridgehead atoms. The minimum atomic E-state index is -2.43. The number of rotatable bonds is 3. The highest BCUT2D eigenvalue weighted by atomic mass is 31.2. The van der Waals surface area contributed by atoms with Gasteiger partial charge < -0.3 is 4.52 Å². The third kappa shape index (κ3) is 12.1. The van der Waals surface area contributed by atoms with Crippen molar-refractivity contribution in [2.24, 2.45) is 0 Å². The molecule has 84 valence electrons. The van der Waals surface area contributed by atoms with Crippen LogP contribution in [0.1, 0.15) is 34.6 Å². The summed E-state index contributed by atoms with van der Waals surface area (Å²) < 4.78 is 17.8. The average Bonchev–Trinajstić information content (AvgIpc) is 2.11. The molecule has 0 aromatic carbocycles. The van der Waals surface area contributed by atoms with Gasteiger partial charge in [-0.15, -0.1) is 0 Å². The molecule has 13 heavy (non-hydrogen) atoms. The molecular formula is C9H26NO2P. The van der Waals surface area contributed by atoms with Crippen molar-refractivity contribution in [3.63, 3.8) is 0 Å². The smallest absolute Gasteiger partial charge is 0.268 e. The molecule has 0 fully saturated rings. The molecular weight excluding hydrogens is 185 g/mol. The third-order valence-electron chi connectivity index (χ3n) is 1.10. The van der Waals surface area contributed by atoms with E-state index in [-0.39, 0.29) is 0 Å². The van der Waals surface area contributed by atoms with Gasteiger partial charge in [0.25, 0.3) is 7.52 Å². The van der Waals surface area contributed by atoms with Crippen LogP contribution >= 0.6 is 7.52 Å². The first-order chi connectivity index (χ1) is 6.00. The van der Waals surface area contributed by atoms with Gasteiger partial charge in [0.1, 0.15) is 0 Å². The van der Waals surface area contributed by atoms with E-state index in [1.54, 1.807) is 25.4 Å². The van der Waals surface area contributed by atoms with E-state index in [0.29, 0.717) is 6.61 Å². The van der Waals surface area contributed by atoms with Crippen molar-refractivity contribution in [3.05, 3.63) is 0 Å². The summed E-state index contributed by atoms with van der Waals surface area (Å²) in [4.78, 5) is 0. The summed E-state index contributed by atoms with van der Waals surface area (Å²) in [5, 5.41) is 0. The van der Waals surface area contributed by atoms with Crippen molar-refractivity contribution in [1.82, 2.24) is 4.67 Å². The van der Waals surface area contributed by atoms with Gasteiger partial charge in [-0.2, -0.15) is 0 Å². The van der Waals surface area contributed by atoms with Gasteiger partial charge in [-0.05, 0) is 21.0 Å². The molecule has 4 heteroatoms. The van der Waals surface area contributed by atoms with Crippen LogP contribution in [-0.4, -0.2) is 32.0 Å². The molecule has 1 atom stereocenters. The lowest BCUT2D eigenvalue weighted by atomic mass is 10.9. The predicted molar refractivity (Wildman–Crippen MR) is 61.5 cm³/mol. The molecule has 3 nitrogen and oxygen atoms in total. The van der Waals surface area contributed by atoms with Crippen LogP contribution in [0.25, 0.3) is 0 Å². The topological polar surface area (TPSA) is 29.5 Å². The van der Waals surface area contributed by atoms with Crippen LogP contribution < -0.4 is 0 Å². The largest absolute Gasteiger partial charge is 0.318 e. The molecule has 0 radical (unpaired) electrons. The second-order valence-corrected chi connectivity index (χ2v) is 4.73. The zero-order valence-electron chi connectivity index (χ0n) is 10.4. The first kappa shape index (κ1) is 18.8. The van der Waals surface area contributed by atoms with Crippen LogP contribution in [0.4, 0.5) is 0 Å². The molecule has 0 amide bonds. The Morgan fingerprint density at radius 1 is 1.15 bits per heavy atom. The summed E-state index contributed by atoms with van der Waals surface area (Å²) in [5.41, 5.74) is 0. The normalized spacial score (nSPS) is 13.3. The Labute approximate surface area is 84.0 Å². The number of nitrogens with zero attached hydrogens (tertiary/aromatic N) is 1. The maximum Gasteiger partial charge on any atom is 0.268 e. The second-order valence-electron chi connectivity index (χ2n) is 2.07. The maximum absolute atomic E-state index is 11.2. The van der Waals surface area contributed by atoms with E-state index >= 15 is 0 Å².